The molecular weight excluding hydrogens is 292 g/mol. The van der Waals surface area contributed by atoms with Crippen molar-refractivity contribution in [2.45, 2.75) is 4.90 Å². The topological polar surface area (TPSA) is 33.4 Å². The van der Waals surface area contributed by atoms with Crippen LogP contribution in [0.4, 0.5) is 0 Å². The molecule has 0 aliphatic rings. The molecule has 1 aromatic carbocycles. The molecule has 2 heterocycles. The second-order valence-corrected chi connectivity index (χ2v) is 6.28. The molecule has 0 amide bonds. The minimum Gasteiger partial charge on any atom is -0.253 e. The van der Waals surface area contributed by atoms with E-state index in [4.69, 9.17) is 11.6 Å². The first-order chi connectivity index (χ1) is 9.61. The van der Waals surface area contributed by atoms with Crippen LogP contribution >= 0.6 is 23.5 Å². The highest BCUT2D eigenvalue weighted by Crippen LogP contribution is 2.24. The molecule has 0 bridgehead atoms. The van der Waals surface area contributed by atoms with Gasteiger partial charge in [0.1, 0.15) is 5.15 Å². The molecule has 3 rings (SSSR count). The van der Waals surface area contributed by atoms with E-state index in [2.05, 4.69) is 38.7 Å². The maximum atomic E-state index is 5.88. The first-order valence-corrected chi connectivity index (χ1v) is 7.24. The standard InChI is InChI=1S/C14H13ClN4S/c1-18(2)20-11-5-3-10(4-6-11)12-9-19-14(16-12)8-7-13(15)17-19/h3-9H,1-2H3. The predicted molar refractivity (Wildman–Crippen MR) is 83.0 cm³/mol. The van der Waals surface area contributed by atoms with Gasteiger partial charge in [-0.2, -0.15) is 5.10 Å². The van der Waals surface area contributed by atoms with Crippen LogP contribution in [0.2, 0.25) is 5.15 Å². The SMILES string of the molecule is CN(C)Sc1ccc(-c2cn3nc(Cl)ccc3n2)cc1. The molecule has 0 saturated heterocycles. The highest BCUT2D eigenvalue weighted by Gasteiger charge is 2.06. The van der Waals surface area contributed by atoms with Crippen molar-refractivity contribution in [2.75, 3.05) is 14.1 Å². The van der Waals surface area contributed by atoms with Crippen LogP contribution in [0.3, 0.4) is 0 Å². The number of aromatic nitrogens is 3. The van der Waals surface area contributed by atoms with Gasteiger partial charge in [-0.25, -0.2) is 9.50 Å². The Kier molecular flexibility index (Phi) is 3.65. The van der Waals surface area contributed by atoms with E-state index in [0.29, 0.717) is 5.15 Å². The fourth-order valence-corrected chi connectivity index (χ4v) is 2.72. The van der Waals surface area contributed by atoms with E-state index >= 15 is 0 Å². The van der Waals surface area contributed by atoms with E-state index in [-0.39, 0.29) is 0 Å². The maximum Gasteiger partial charge on any atom is 0.154 e. The number of benzene rings is 1. The minimum absolute atomic E-state index is 0.458. The van der Waals surface area contributed by atoms with Crippen molar-refractivity contribution in [1.82, 2.24) is 18.9 Å². The Morgan fingerprint density at radius 2 is 1.85 bits per heavy atom. The monoisotopic (exact) mass is 304 g/mol. The van der Waals surface area contributed by atoms with Crippen LogP contribution in [0.25, 0.3) is 16.9 Å². The molecule has 0 fully saturated rings. The van der Waals surface area contributed by atoms with Crippen molar-refractivity contribution in [3.8, 4) is 11.3 Å². The second kappa shape index (κ2) is 5.44. The Labute approximate surface area is 126 Å². The summed E-state index contributed by atoms with van der Waals surface area (Å²) in [6.07, 6.45) is 1.88. The number of fused-ring (bicyclic) bond motifs is 1. The van der Waals surface area contributed by atoms with Crippen molar-refractivity contribution in [2.24, 2.45) is 0 Å². The molecule has 6 heteroatoms. The van der Waals surface area contributed by atoms with Crippen LogP contribution in [-0.4, -0.2) is 33.0 Å². The molecule has 0 aliphatic heterocycles. The van der Waals surface area contributed by atoms with Crippen LogP contribution < -0.4 is 0 Å². The highest BCUT2D eigenvalue weighted by atomic mass is 35.5. The van der Waals surface area contributed by atoms with Gasteiger partial charge in [0.15, 0.2) is 5.65 Å². The van der Waals surface area contributed by atoms with Gasteiger partial charge in [0, 0.05) is 10.5 Å². The number of imidazole rings is 1. The van der Waals surface area contributed by atoms with Crippen LogP contribution in [-0.2, 0) is 0 Å². The van der Waals surface area contributed by atoms with Crippen molar-refractivity contribution in [3.05, 3.63) is 47.7 Å². The van der Waals surface area contributed by atoms with Crippen molar-refractivity contribution < 1.29 is 0 Å². The summed E-state index contributed by atoms with van der Waals surface area (Å²) in [6, 6.07) is 11.9. The Hall–Kier alpha value is -1.56. The van der Waals surface area contributed by atoms with Crippen LogP contribution in [0.5, 0.6) is 0 Å². The summed E-state index contributed by atoms with van der Waals surface area (Å²) in [7, 11) is 4.05. The van der Waals surface area contributed by atoms with Gasteiger partial charge in [-0.1, -0.05) is 23.7 Å². The maximum absolute atomic E-state index is 5.88. The molecule has 0 saturated carbocycles. The van der Waals surface area contributed by atoms with E-state index in [9.17, 15) is 0 Å². The first kappa shape index (κ1) is 13.4. The number of nitrogens with zero attached hydrogens (tertiary/aromatic N) is 4. The predicted octanol–water partition coefficient (Wildman–Crippen LogP) is 3.62. The Morgan fingerprint density at radius 3 is 2.55 bits per heavy atom. The summed E-state index contributed by atoms with van der Waals surface area (Å²) in [5.74, 6) is 0. The first-order valence-electron chi connectivity index (χ1n) is 6.09. The van der Waals surface area contributed by atoms with Gasteiger partial charge in [0.05, 0.1) is 11.9 Å². The lowest BCUT2D eigenvalue weighted by Gasteiger charge is -2.08. The minimum atomic E-state index is 0.458. The lowest BCUT2D eigenvalue weighted by atomic mass is 10.2. The molecular formula is C14H13ClN4S. The smallest absolute Gasteiger partial charge is 0.154 e. The third-order valence-electron chi connectivity index (χ3n) is 2.73. The number of halogens is 1. The summed E-state index contributed by atoms with van der Waals surface area (Å²) < 4.78 is 3.76. The molecule has 0 radical (unpaired) electrons. The summed E-state index contributed by atoms with van der Waals surface area (Å²) >= 11 is 7.56. The van der Waals surface area contributed by atoms with Gasteiger partial charge in [0.2, 0.25) is 0 Å². The largest absolute Gasteiger partial charge is 0.253 e. The molecule has 0 unspecified atom stereocenters. The fraction of sp³-hybridized carbons (Fsp3) is 0.143. The molecule has 4 nitrogen and oxygen atoms in total. The van der Waals surface area contributed by atoms with Gasteiger partial charge in [0.25, 0.3) is 0 Å². The highest BCUT2D eigenvalue weighted by molar-refractivity contribution is 7.97. The van der Waals surface area contributed by atoms with Crippen molar-refractivity contribution >= 4 is 29.2 Å². The fourth-order valence-electron chi connectivity index (χ4n) is 1.90. The summed E-state index contributed by atoms with van der Waals surface area (Å²) in [4.78, 5) is 5.74. The third kappa shape index (κ3) is 2.80. The van der Waals surface area contributed by atoms with Gasteiger partial charge < -0.3 is 0 Å². The molecule has 20 heavy (non-hydrogen) atoms. The lowest BCUT2D eigenvalue weighted by Crippen LogP contribution is -1.98. The zero-order valence-corrected chi connectivity index (χ0v) is 12.7. The zero-order chi connectivity index (χ0) is 14.1. The normalized spacial score (nSPS) is 11.4. The third-order valence-corrected chi connectivity index (χ3v) is 3.78. The van der Waals surface area contributed by atoms with Gasteiger partial charge >= 0.3 is 0 Å². The van der Waals surface area contributed by atoms with Crippen molar-refractivity contribution in [1.29, 1.82) is 0 Å². The summed E-state index contributed by atoms with van der Waals surface area (Å²) in [6.45, 7) is 0. The van der Waals surface area contributed by atoms with Gasteiger partial charge in [-0.15, -0.1) is 0 Å². The van der Waals surface area contributed by atoms with E-state index in [0.717, 1.165) is 16.9 Å². The number of hydrogen-bond donors (Lipinski definition) is 0. The lowest BCUT2D eigenvalue weighted by molar-refractivity contribution is 0.702. The number of hydrogen-bond acceptors (Lipinski definition) is 4. The van der Waals surface area contributed by atoms with Gasteiger partial charge in [-0.3, -0.25) is 4.31 Å². The molecule has 0 aliphatic carbocycles. The Balaban J connectivity index is 1.94. The van der Waals surface area contributed by atoms with Crippen molar-refractivity contribution in [3.63, 3.8) is 0 Å². The molecule has 3 aromatic rings. The van der Waals surface area contributed by atoms with E-state index < -0.39 is 0 Å². The zero-order valence-electron chi connectivity index (χ0n) is 11.1. The summed E-state index contributed by atoms with van der Waals surface area (Å²) in [5.41, 5.74) is 2.74. The van der Waals surface area contributed by atoms with Gasteiger partial charge in [-0.05, 0) is 50.3 Å². The molecule has 102 valence electrons. The van der Waals surface area contributed by atoms with Crippen LogP contribution in [0, 0.1) is 0 Å². The molecule has 2 aromatic heterocycles. The average Bonchev–Trinajstić information content (AvgIpc) is 2.81. The number of rotatable bonds is 3. The van der Waals surface area contributed by atoms with Crippen LogP contribution in [0.15, 0.2) is 47.5 Å². The molecule has 0 N–H and O–H groups in total. The quantitative estimate of drug-likeness (QED) is 0.692. The Morgan fingerprint density at radius 1 is 1.10 bits per heavy atom. The average molecular weight is 305 g/mol. The Bertz CT molecular complexity index is 737. The molecule has 0 spiro atoms. The second-order valence-electron chi connectivity index (χ2n) is 4.51. The van der Waals surface area contributed by atoms with E-state index in [1.165, 1.54) is 4.90 Å². The summed E-state index contributed by atoms with van der Waals surface area (Å²) in [5, 5.41) is 4.65. The van der Waals surface area contributed by atoms with E-state index in [1.807, 2.05) is 26.4 Å². The van der Waals surface area contributed by atoms with E-state index in [1.54, 1.807) is 22.5 Å². The van der Waals surface area contributed by atoms with Crippen LogP contribution in [0.1, 0.15) is 0 Å². The molecule has 0 atom stereocenters.